The number of halogens is 1. The number of thioether (sulfide) groups is 1. The fourth-order valence-corrected chi connectivity index (χ4v) is 4.82. The highest BCUT2D eigenvalue weighted by Crippen LogP contribution is 2.35. The normalized spacial score (nSPS) is 19.1. The minimum Gasteiger partial charge on any atom is -0.490 e. The molecule has 2 heterocycles. The largest absolute Gasteiger partial charge is 0.490 e. The average Bonchev–Trinajstić information content (AvgIpc) is 3.41. The summed E-state index contributed by atoms with van der Waals surface area (Å²) in [6, 6.07) is 10.3. The SMILES string of the molecule is CCOc1cc(/C=C2/SC(=S)N(CC3CCCO3)C2=O)ccc1OC(=O)Nc1ccc(F)cc1. The zero-order valence-electron chi connectivity index (χ0n) is 18.4. The number of carbonyl (C=O) groups excluding carboxylic acids is 2. The number of carbonyl (C=O) groups is 2. The molecule has 0 aromatic heterocycles. The van der Waals surface area contributed by atoms with E-state index in [4.69, 9.17) is 26.4 Å². The van der Waals surface area contributed by atoms with Gasteiger partial charge in [0, 0.05) is 12.3 Å². The molecule has 1 N–H and O–H groups in total. The lowest BCUT2D eigenvalue weighted by molar-refractivity contribution is -0.123. The summed E-state index contributed by atoms with van der Waals surface area (Å²) < 4.78 is 30.2. The van der Waals surface area contributed by atoms with Crippen LogP contribution in [0.15, 0.2) is 47.4 Å². The number of hydrogen-bond donors (Lipinski definition) is 1. The first kappa shape index (κ1) is 24.2. The average molecular weight is 503 g/mol. The van der Waals surface area contributed by atoms with Crippen molar-refractivity contribution in [2.24, 2.45) is 0 Å². The van der Waals surface area contributed by atoms with Crippen LogP contribution in [0.2, 0.25) is 0 Å². The summed E-state index contributed by atoms with van der Waals surface area (Å²) in [5.74, 6) is 0.00395. The van der Waals surface area contributed by atoms with E-state index in [1.54, 1.807) is 29.2 Å². The first-order chi connectivity index (χ1) is 16.4. The first-order valence-electron chi connectivity index (χ1n) is 10.8. The van der Waals surface area contributed by atoms with Gasteiger partial charge in [-0.1, -0.05) is 30.0 Å². The molecule has 7 nitrogen and oxygen atoms in total. The fourth-order valence-electron chi connectivity index (χ4n) is 3.54. The monoisotopic (exact) mass is 502 g/mol. The van der Waals surface area contributed by atoms with Crippen LogP contribution in [0.5, 0.6) is 11.5 Å². The highest BCUT2D eigenvalue weighted by molar-refractivity contribution is 8.26. The lowest BCUT2D eigenvalue weighted by atomic mass is 10.1. The number of anilines is 1. The van der Waals surface area contributed by atoms with E-state index in [9.17, 15) is 14.0 Å². The predicted octanol–water partition coefficient (Wildman–Crippen LogP) is 5.22. The van der Waals surface area contributed by atoms with Crippen LogP contribution < -0.4 is 14.8 Å². The number of thiocarbonyl (C=S) groups is 1. The van der Waals surface area contributed by atoms with Crippen molar-refractivity contribution >= 4 is 52.1 Å². The number of ether oxygens (including phenoxy) is 3. The van der Waals surface area contributed by atoms with Gasteiger partial charge >= 0.3 is 6.09 Å². The van der Waals surface area contributed by atoms with Gasteiger partial charge in [0.2, 0.25) is 0 Å². The van der Waals surface area contributed by atoms with E-state index in [2.05, 4.69) is 5.32 Å². The zero-order valence-corrected chi connectivity index (χ0v) is 20.0. The molecule has 34 heavy (non-hydrogen) atoms. The quantitative estimate of drug-likeness (QED) is 0.411. The topological polar surface area (TPSA) is 77.1 Å². The molecule has 178 valence electrons. The lowest BCUT2D eigenvalue weighted by Gasteiger charge is -2.18. The van der Waals surface area contributed by atoms with Crippen molar-refractivity contribution in [3.63, 3.8) is 0 Å². The van der Waals surface area contributed by atoms with Crippen LogP contribution in [0.4, 0.5) is 14.9 Å². The Morgan fingerprint density at radius 2 is 2.09 bits per heavy atom. The zero-order chi connectivity index (χ0) is 24.1. The summed E-state index contributed by atoms with van der Waals surface area (Å²) in [5.41, 5.74) is 1.10. The summed E-state index contributed by atoms with van der Waals surface area (Å²) >= 11 is 6.65. The van der Waals surface area contributed by atoms with Crippen LogP contribution in [-0.4, -0.2) is 47.1 Å². The second-order valence-electron chi connectivity index (χ2n) is 7.59. The van der Waals surface area contributed by atoms with Gasteiger partial charge < -0.3 is 14.2 Å². The molecule has 0 radical (unpaired) electrons. The highest BCUT2D eigenvalue weighted by atomic mass is 32.2. The number of nitrogens with one attached hydrogen (secondary N) is 1. The van der Waals surface area contributed by atoms with Gasteiger partial charge in [0.25, 0.3) is 5.91 Å². The van der Waals surface area contributed by atoms with Gasteiger partial charge in [-0.25, -0.2) is 9.18 Å². The number of nitrogens with zero attached hydrogens (tertiary/aromatic N) is 1. The second kappa shape index (κ2) is 11.0. The molecule has 10 heteroatoms. The molecule has 0 aliphatic carbocycles. The van der Waals surface area contributed by atoms with Gasteiger partial charge in [0.15, 0.2) is 11.5 Å². The molecule has 0 saturated carbocycles. The third-order valence-corrected chi connectivity index (χ3v) is 6.52. The Kier molecular flexibility index (Phi) is 7.81. The third kappa shape index (κ3) is 5.94. The molecule has 2 amide bonds. The van der Waals surface area contributed by atoms with E-state index in [0.29, 0.717) is 46.0 Å². The third-order valence-electron chi connectivity index (χ3n) is 5.14. The molecule has 2 fully saturated rings. The molecule has 2 aromatic carbocycles. The maximum atomic E-state index is 13.0. The molecule has 0 spiro atoms. The van der Waals surface area contributed by atoms with E-state index in [1.807, 2.05) is 6.92 Å². The number of amides is 2. The molecule has 1 atom stereocenters. The summed E-state index contributed by atoms with van der Waals surface area (Å²) in [6.45, 7) is 3.34. The standard InChI is InChI=1S/C24H23FN2O5S2/c1-2-30-20-12-15(5-10-19(20)32-23(29)26-17-8-6-16(25)7-9-17)13-21-22(28)27(24(33)34-21)14-18-4-3-11-31-18/h5-10,12-13,18H,2-4,11,14H2,1H3,(H,26,29)/b21-13+. The summed E-state index contributed by atoms with van der Waals surface area (Å²) in [7, 11) is 0. The minimum atomic E-state index is -0.740. The molecule has 2 aliphatic heterocycles. The number of benzene rings is 2. The predicted molar refractivity (Wildman–Crippen MR) is 133 cm³/mol. The van der Waals surface area contributed by atoms with Gasteiger partial charge in [0.05, 0.1) is 24.2 Å². The van der Waals surface area contributed by atoms with Gasteiger partial charge in [-0.05, 0) is 67.8 Å². The van der Waals surface area contributed by atoms with E-state index >= 15 is 0 Å². The second-order valence-corrected chi connectivity index (χ2v) is 9.26. The lowest BCUT2D eigenvalue weighted by Crippen LogP contribution is -2.35. The van der Waals surface area contributed by atoms with Crippen molar-refractivity contribution in [1.82, 2.24) is 4.90 Å². The van der Waals surface area contributed by atoms with Crippen molar-refractivity contribution in [3.8, 4) is 11.5 Å². The van der Waals surface area contributed by atoms with E-state index in [0.717, 1.165) is 12.8 Å². The van der Waals surface area contributed by atoms with Crippen molar-refractivity contribution in [3.05, 3.63) is 58.8 Å². The highest BCUT2D eigenvalue weighted by Gasteiger charge is 2.34. The van der Waals surface area contributed by atoms with Crippen LogP contribution in [0.25, 0.3) is 6.08 Å². The molecule has 1 unspecified atom stereocenters. The smallest absolute Gasteiger partial charge is 0.417 e. The molecule has 0 bridgehead atoms. The minimum absolute atomic E-state index is 0.0175. The van der Waals surface area contributed by atoms with Crippen molar-refractivity contribution in [1.29, 1.82) is 0 Å². The summed E-state index contributed by atoms with van der Waals surface area (Å²) in [4.78, 5) is 27.3. The van der Waals surface area contributed by atoms with Crippen LogP contribution in [-0.2, 0) is 9.53 Å². The Morgan fingerprint density at radius 1 is 1.29 bits per heavy atom. The van der Waals surface area contributed by atoms with Gasteiger partial charge in [0.1, 0.15) is 10.1 Å². The maximum absolute atomic E-state index is 13.0. The van der Waals surface area contributed by atoms with E-state index in [1.165, 1.54) is 36.0 Å². The molecule has 2 aromatic rings. The van der Waals surface area contributed by atoms with Gasteiger partial charge in [-0.3, -0.25) is 15.0 Å². The Labute approximate surface area is 206 Å². The fraction of sp³-hybridized carbons (Fsp3) is 0.292. The van der Waals surface area contributed by atoms with Crippen LogP contribution in [0, 0.1) is 5.82 Å². The molecule has 4 rings (SSSR count). The van der Waals surface area contributed by atoms with Gasteiger partial charge in [-0.2, -0.15) is 0 Å². The van der Waals surface area contributed by atoms with Crippen molar-refractivity contribution < 1.29 is 28.2 Å². The molecular formula is C24H23FN2O5S2. The number of hydrogen-bond acceptors (Lipinski definition) is 7. The summed E-state index contributed by atoms with van der Waals surface area (Å²) in [6.07, 6.45) is 2.93. The Balaban J connectivity index is 1.46. The van der Waals surface area contributed by atoms with E-state index < -0.39 is 11.9 Å². The van der Waals surface area contributed by atoms with Crippen LogP contribution in [0.3, 0.4) is 0 Å². The van der Waals surface area contributed by atoms with E-state index in [-0.39, 0.29) is 17.8 Å². The van der Waals surface area contributed by atoms with Gasteiger partial charge in [-0.15, -0.1) is 0 Å². The van der Waals surface area contributed by atoms with Crippen LogP contribution >= 0.6 is 24.0 Å². The van der Waals surface area contributed by atoms with Crippen molar-refractivity contribution in [2.45, 2.75) is 25.9 Å². The molecule has 2 saturated heterocycles. The van der Waals surface area contributed by atoms with Crippen LogP contribution in [0.1, 0.15) is 25.3 Å². The summed E-state index contributed by atoms with van der Waals surface area (Å²) in [5, 5.41) is 2.53. The molecular weight excluding hydrogens is 479 g/mol. The Morgan fingerprint density at radius 3 is 2.79 bits per heavy atom. The molecule has 2 aliphatic rings. The number of rotatable bonds is 7. The Bertz CT molecular complexity index is 1120. The maximum Gasteiger partial charge on any atom is 0.417 e. The van der Waals surface area contributed by atoms with Crippen molar-refractivity contribution in [2.75, 3.05) is 25.1 Å². The Hall–Kier alpha value is -2.95. The first-order valence-corrected chi connectivity index (χ1v) is 12.0.